The summed E-state index contributed by atoms with van der Waals surface area (Å²) in [6, 6.07) is 7.67. The van der Waals surface area contributed by atoms with Gasteiger partial charge in [-0.3, -0.25) is 4.84 Å². The number of halogens is 2. The van der Waals surface area contributed by atoms with Crippen LogP contribution in [0.4, 0.5) is 0 Å². The van der Waals surface area contributed by atoms with Gasteiger partial charge in [0.05, 0.1) is 27.8 Å². The summed E-state index contributed by atoms with van der Waals surface area (Å²) in [6.07, 6.45) is 2.88. The van der Waals surface area contributed by atoms with Crippen LogP contribution in [-0.2, 0) is 21.3 Å². The van der Waals surface area contributed by atoms with Crippen molar-refractivity contribution >= 4 is 33.2 Å². The fraction of sp³-hybridized carbons (Fsp3) is 0.231. The Kier molecular flexibility index (Phi) is 5.66. The van der Waals surface area contributed by atoms with Gasteiger partial charge < -0.3 is 4.42 Å². The number of benzene rings is 1. The number of hydrogen-bond acceptors (Lipinski definition) is 4. The van der Waals surface area contributed by atoms with Gasteiger partial charge in [0, 0.05) is 6.42 Å². The maximum absolute atomic E-state index is 11.9. The molecule has 0 amide bonds. The van der Waals surface area contributed by atoms with Gasteiger partial charge in [0.2, 0.25) is 0 Å². The number of nitrogens with one attached hydrogen (secondary N) is 1. The van der Waals surface area contributed by atoms with E-state index in [1.54, 1.807) is 12.3 Å². The van der Waals surface area contributed by atoms with Crippen molar-refractivity contribution in [1.29, 1.82) is 0 Å². The zero-order valence-corrected chi connectivity index (χ0v) is 13.2. The lowest BCUT2D eigenvalue weighted by Crippen LogP contribution is -2.24. The molecule has 114 valence electrons. The van der Waals surface area contributed by atoms with Crippen LogP contribution in [-0.4, -0.2) is 15.0 Å². The summed E-state index contributed by atoms with van der Waals surface area (Å²) in [5.74, 6) is 0.825. The highest BCUT2D eigenvalue weighted by atomic mass is 35.5. The van der Waals surface area contributed by atoms with Crippen molar-refractivity contribution in [2.75, 3.05) is 6.61 Å². The second-order valence-corrected chi connectivity index (χ2v) is 6.65. The SMILES string of the molecule is O=S(=O)(NOCCCc1ccco1)c1ccc(Cl)c(Cl)c1. The average Bonchev–Trinajstić information content (AvgIpc) is 2.94. The van der Waals surface area contributed by atoms with Crippen LogP contribution in [0.2, 0.25) is 10.0 Å². The molecule has 2 aromatic rings. The first kappa shape index (κ1) is 16.3. The minimum Gasteiger partial charge on any atom is -0.469 e. The predicted molar refractivity (Wildman–Crippen MR) is 79.8 cm³/mol. The first-order valence-corrected chi connectivity index (χ1v) is 8.34. The molecule has 0 saturated carbocycles. The zero-order valence-electron chi connectivity index (χ0n) is 10.9. The van der Waals surface area contributed by atoms with Crippen LogP contribution in [0.15, 0.2) is 45.9 Å². The van der Waals surface area contributed by atoms with Crippen LogP contribution in [0.1, 0.15) is 12.2 Å². The summed E-state index contributed by atoms with van der Waals surface area (Å²) in [5.41, 5.74) is 0. The van der Waals surface area contributed by atoms with E-state index >= 15 is 0 Å². The number of furan rings is 1. The molecule has 0 aliphatic heterocycles. The number of aryl methyl sites for hydroxylation is 1. The van der Waals surface area contributed by atoms with Crippen LogP contribution >= 0.6 is 23.2 Å². The summed E-state index contributed by atoms with van der Waals surface area (Å²) in [7, 11) is -3.77. The van der Waals surface area contributed by atoms with Gasteiger partial charge in [-0.1, -0.05) is 28.1 Å². The molecule has 0 unspecified atom stereocenters. The highest BCUT2D eigenvalue weighted by Gasteiger charge is 2.15. The molecule has 0 aliphatic rings. The molecule has 0 spiro atoms. The summed E-state index contributed by atoms with van der Waals surface area (Å²) < 4.78 is 29.0. The molecule has 0 aliphatic carbocycles. The molecule has 21 heavy (non-hydrogen) atoms. The Morgan fingerprint density at radius 3 is 2.67 bits per heavy atom. The average molecular weight is 350 g/mol. The minimum absolute atomic E-state index is 0.0112. The lowest BCUT2D eigenvalue weighted by molar-refractivity contribution is 0.0905. The molecule has 0 saturated heterocycles. The smallest absolute Gasteiger partial charge is 0.262 e. The fourth-order valence-electron chi connectivity index (χ4n) is 1.58. The third-order valence-corrected chi connectivity index (χ3v) is 4.57. The second kappa shape index (κ2) is 7.29. The van der Waals surface area contributed by atoms with E-state index in [1.165, 1.54) is 18.2 Å². The van der Waals surface area contributed by atoms with Crippen LogP contribution in [0.3, 0.4) is 0 Å². The quantitative estimate of drug-likeness (QED) is 0.614. The van der Waals surface area contributed by atoms with Gasteiger partial charge in [-0.15, -0.1) is 0 Å². The molecule has 5 nitrogen and oxygen atoms in total. The third-order valence-electron chi connectivity index (χ3n) is 2.62. The van der Waals surface area contributed by atoms with Gasteiger partial charge in [0.1, 0.15) is 5.76 Å². The Hall–Kier alpha value is -1.05. The van der Waals surface area contributed by atoms with E-state index in [0.29, 0.717) is 12.8 Å². The molecule has 1 aromatic carbocycles. The number of hydrogen-bond donors (Lipinski definition) is 1. The summed E-state index contributed by atoms with van der Waals surface area (Å²) in [6.45, 7) is 0.223. The molecule has 1 aromatic heterocycles. The fourth-order valence-corrected chi connectivity index (χ4v) is 2.80. The summed E-state index contributed by atoms with van der Waals surface area (Å²) >= 11 is 11.5. The number of sulfonamides is 1. The third kappa shape index (κ3) is 4.72. The van der Waals surface area contributed by atoms with Crippen molar-refractivity contribution < 1.29 is 17.7 Å². The summed E-state index contributed by atoms with van der Waals surface area (Å²) in [4.78, 5) is 7.00. The van der Waals surface area contributed by atoms with E-state index in [1.807, 2.05) is 11.0 Å². The molecule has 0 fully saturated rings. The molecule has 0 bridgehead atoms. The first-order valence-electron chi connectivity index (χ1n) is 6.10. The molecule has 0 radical (unpaired) electrons. The normalized spacial score (nSPS) is 11.7. The Labute approximate surface area is 132 Å². The van der Waals surface area contributed by atoms with Gasteiger partial charge in [0.25, 0.3) is 10.0 Å². The van der Waals surface area contributed by atoms with Crippen molar-refractivity contribution in [3.05, 3.63) is 52.4 Å². The molecular weight excluding hydrogens is 337 g/mol. The van der Waals surface area contributed by atoms with Gasteiger partial charge in [-0.25, -0.2) is 8.42 Å². The molecule has 8 heteroatoms. The van der Waals surface area contributed by atoms with E-state index < -0.39 is 10.0 Å². The molecule has 1 heterocycles. The van der Waals surface area contributed by atoms with E-state index in [0.717, 1.165) is 5.76 Å². The van der Waals surface area contributed by atoms with Crippen LogP contribution in [0.25, 0.3) is 0 Å². The van der Waals surface area contributed by atoms with Gasteiger partial charge in [0.15, 0.2) is 0 Å². The number of rotatable bonds is 7. The van der Waals surface area contributed by atoms with E-state index in [4.69, 9.17) is 32.5 Å². The second-order valence-electron chi connectivity index (χ2n) is 4.19. The molecule has 1 N–H and O–H groups in total. The minimum atomic E-state index is -3.77. The van der Waals surface area contributed by atoms with Gasteiger partial charge in [-0.2, -0.15) is 0 Å². The van der Waals surface area contributed by atoms with Gasteiger partial charge >= 0.3 is 0 Å². The van der Waals surface area contributed by atoms with Crippen molar-refractivity contribution in [2.24, 2.45) is 0 Å². The van der Waals surface area contributed by atoms with Crippen LogP contribution in [0, 0.1) is 0 Å². The van der Waals surface area contributed by atoms with Crippen LogP contribution in [0.5, 0.6) is 0 Å². The maximum Gasteiger partial charge on any atom is 0.262 e. The molecule has 0 atom stereocenters. The Balaban J connectivity index is 1.82. The van der Waals surface area contributed by atoms with E-state index in [9.17, 15) is 8.42 Å². The highest BCUT2D eigenvalue weighted by Crippen LogP contribution is 2.24. The maximum atomic E-state index is 11.9. The lowest BCUT2D eigenvalue weighted by Gasteiger charge is -2.07. The first-order chi connectivity index (χ1) is 9.99. The zero-order chi connectivity index (χ0) is 15.3. The monoisotopic (exact) mass is 349 g/mol. The largest absolute Gasteiger partial charge is 0.469 e. The van der Waals surface area contributed by atoms with Crippen molar-refractivity contribution in [3.63, 3.8) is 0 Å². The Morgan fingerprint density at radius 2 is 2.00 bits per heavy atom. The van der Waals surface area contributed by atoms with E-state index in [2.05, 4.69) is 0 Å². The highest BCUT2D eigenvalue weighted by molar-refractivity contribution is 7.89. The molecule has 2 rings (SSSR count). The van der Waals surface area contributed by atoms with Crippen molar-refractivity contribution in [2.45, 2.75) is 17.7 Å². The van der Waals surface area contributed by atoms with Crippen molar-refractivity contribution in [1.82, 2.24) is 4.89 Å². The van der Waals surface area contributed by atoms with E-state index in [-0.39, 0.29) is 21.5 Å². The predicted octanol–water partition coefficient (Wildman–Crippen LogP) is 3.43. The topological polar surface area (TPSA) is 68.5 Å². The standard InChI is InChI=1S/C13H13Cl2NO4S/c14-12-6-5-11(9-13(12)15)21(17,18)16-20-8-2-4-10-3-1-7-19-10/h1,3,5-7,9,16H,2,4,8H2. The molecular formula is C13H13Cl2NO4S. The summed E-state index contributed by atoms with van der Waals surface area (Å²) in [5, 5.41) is 0.451. The Morgan fingerprint density at radius 1 is 1.19 bits per heavy atom. The van der Waals surface area contributed by atoms with Crippen LogP contribution < -0.4 is 4.89 Å². The lowest BCUT2D eigenvalue weighted by atomic mass is 10.3. The Bertz CT molecular complexity index is 686. The van der Waals surface area contributed by atoms with Crippen molar-refractivity contribution in [3.8, 4) is 0 Å². The van der Waals surface area contributed by atoms with Gasteiger partial charge in [-0.05, 0) is 36.8 Å².